The van der Waals surface area contributed by atoms with Gasteiger partial charge in [0.25, 0.3) is 0 Å². The van der Waals surface area contributed by atoms with Crippen molar-refractivity contribution >= 4 is 5.91 Å². The molecule has 206 valence electrons. The van der Waals surface area contributed by atoms with E-state index >= 15 is 0 Å². The zero-order valence-electron chi connectivity index (χ0n) is 22.8. The third-order valence-corrected chi connectivity index (χ3v) is 15.7. The van der Waals surface area contributed by atoms with Crippen molar-refractivity contribution in [3.8, 4) is 16.9 Å². The van der Waals surface area contributed by atoms with Crippen LogP contribution in [0.1, 0.15) is 66.4 Å². The van der Waals surface area contributed by atoms with Crippen LogP contribution in [-0.4, -0.2) is 47.6 Å². The van der Waals surface area contributed by atoms with E-state index < -0.39 is 21.5 Å². The first-order valence-electron chi connectivity index (χ1n) is 15.3. The Labute approximate surface area is 247 Å². The number of halogens is 1. The first-order chi connectivity index (χ1) is 19.6. The molecule has 5 heteroatoms. The Morgan fingerprint density at radius 3 is 2.60 bits per heavy atom. The van der Waals surface area contributed by atoms with Gasteiger partial charge in [-0.2, -0.15) is 0 Å². The van der Waals surface area contributed by atoms with E-state index in [0.717, 1.165) is 35.6 Å². The van der Waals surface area contributed by atoms with Crippen molar-refractivity contribution in [3.63, 3.8) is 0 Å². The topological polar surface area (TPSA) is 43.8 Å². The molecule has 0 spiro atoms. The number of hydrogen-bond acceptors (Lipinski definition) is 3. The molecule has 3 saturated carbocycles. The van der Waals surface area contributed by atoms with E-state index in [1.807, 2.05) is 18.2 Å². The van der Waals surface area contributed by atoms with E-state index in [1.165, 1.54) is 56.2 Å². The Kier molecular flexibility index (Phi) is 5.20. The summed E-state index contributed by atoms with van der Waals surface area (Å²) in [6.07, 6.45) is 10.1. The summed E-state index contributed by atoms with van der Waals surface area (Å²) in [4.78, 5) is 17.4. The van der Waals surface area contributed by atoms with Crippen LogP contribution in [0.15, 0.2) is 72.8 Å². The average Bonchev–Trinajstić information content (AvgIpc) is 3.40. The molecule has 4 bridgehead atoms. The zero-order valence-corrected chi connectivity index (χ0v) is 25.0. The Morgan fingerprint density at radius 2 is 1.77 bits per heavy atom. The second-order valence-electron chi connectivity index (χ2n) is 13.2. The van der Waals surface area contributed by atoms with Gasteiger partial charge < -0.3 is 0 Å². The number of likely N-dealkylation sites (tertiary alicyclic amines) is 1. The van der Waals surface area contributed by atoms with Crippen LogP contribution in [-0.2, 0) is 11.8 Å². The molecule has 5 fully saturated rings. The fourth-order valence-electron chi connectivity index (χ4n) is 10.4. The normalized spacial score (nSPS) is 35.9. The number of phenolic OH excluding ortho intramolecular Hbond substituents is 1. The molecule has 2 saturated heterocycles. The number of piperidine rings is 1. The standard InChI is InChI=1S/C35H36IN2O2/c39-25-14-13-23-19-31-34-16-15-30-32(35(34,28(23)20-25)17-18-37(31)24-9-6-10-24)29(21-34)36-38(30)33(40)27-12-5-4-11-26(27)22-7-2-1-3-8-22/h1-5,7-8,11-14,20,24,29-32,39H,6,9-10,15-19,21H2/q-1/t29-,30?,31?,32?,34?,35?/m0/s1. The molecule has 2 aliphatic heterocycles. The Balaban J connectivity index is 1.14. The molecule has 9 rings (SSSR count). The van der Waals surface area contributed by atoms with Crippen LogP contribution in [0.4, 0.5) is 0 Å². The molecule has 40 heavy (non-hydrogen) atoms. The second-order valence-corrected chi connectivity index (χ2v) is 16.4. The second kappa shape index (κ2) is 8.57. The molecule has 1 N–H and O–H groups in total. The van der Waals surface area contributed by atoms with E-state index in [0.29, 0.717) is 33.1 Å². The third kappa shape index (κ3) is 2.98. The molecule has 3 aromatic carbocycles. The van der Waals surface area contributed by atoms with E-state index in [2.05, 4.69) is 62.6 Å². The molecule has 0 radical (unpaired) electrons. The molecule has 4 nitrogen and oxygen atoms in total. The van der Waals surface area contributed by atoms with Crippen molar-refractivity contribution < 1.29 is 31.4 Å². The number of carbonyl (C=O) groups excluding carboxylic acids is 1. The minimum absolute atomic E-state index is 0.103. The summed E-state index contributed by atoms with van der Waals surface area (Å²) in [5.74, 6) is 1.21. The first kappa shape index (κ1) is 24.2. The van der Waals surface area contributed by atoms with Crippen LogP contribution in [0.3, 0.4) is 0 Å². The van der Waals surface area contributed by atoms with Gasteiger partial charge in [-0.1, -0.05) is 0 Å². The summed E-state index contributed by atoms with van der Waals surface area (Å²) in [5.41, 5.74) is 6.38. The summed E-state index contributed by atoms with van der Waals surface area (Å²) in [7, 11) is 0. The fraction of sp³-hybridized carbons (Fsp3) is 0.457. The summed E-state index contributed by atoms with van der Waals surface area (Å²) in [6.45, 7) is 1.19. The van der Waals surface area contributed by atoms with Crippen LogP contribution >= 0.6 is 0 Å². The van der Waals surface area contributed by atoms with Crippen molar-refractivity contribution in [1.82, 2.24) is 8.01 Å². The Hall–Kier alpha value is -2.38. The number of carbonyl (C=O) groups is 1. The number of benzene rings is 3. The van der Waals surface area contributed by atoms with Crippen LogP contribution in [0, 0.1) is 11.3 Å². The maximum absolute atomic E-state index is 14.5. The molecule has 5 unspecified atom stereocenters. The van der Waals surface area contributed by atoms with Crippen molar-refractivity contribution in [2.24, 2.45) is 11.3 Å². The van der Waals surface area contributed by atoms with Gasteiger partial charge in [0.05, 0.1) is 0 Å². The number of amides is 1. The Morgan fingerprint density at radius 1 is 0.950 bits per heavy atom. The minimum atomic E-state index is -0.422. The molecular weight excluding hydrogens is 607 g/mol. The van der Waals surface area contributed by atoms with Crippen molar-refractivity contribution in [1.29, 1.82) is 0 Å². The average molecular weight is 644 g/mol. The molecule has 6 atom stereocenters. The van der Waals surface area contributed by atoms with Gasteiger partial charge >= 0.3 is 248 Å². The van der Waals surface area contributed by atoms with Gasteiger partial charge in [0, 0.05) is 0 Å². The van der Waals surface area contributed by atoms with Gasteiger partial charge in [0.15, 0.2) is 0 Å². The number of hydrogen-bond donors (Lipinski definition) is 1. The number of phenols is 1. The molecule has 0 aromatic heterocycles. The van der Waals surface area contributed by atoms with Crippen molar-refractivity contribution in [2.45, 2.75) is 78.8 Å². The van der Waals surface area contributed by atoms with E-state index in [4.69, 9.17) is 0 Å². The van der Waals surface area contributed by atoms with Crippen LogP contribution < -0.4 is 21.5 Å². The quantitative estimate of drug-likeness (QED) is 0.271. The molecule has 6 aliphatic rings. The maximum atomic E-state index is 14.5. The van der Waals surface area contributed by atoms with Crippen molar-refractivity contribution in [3.05, 3.63) is 89.5 Å². The predicted octanol–water partition coefficient (Wildman–Crippen LogP) is 3.18. The van der Waals surface area contributed by atoms with Crippen molar-refractivity contribution in [2.75, 3.05) is 6.54 Å². The van der Waals surface area contributed by atoms with E-state index in [9.17, 15) is 9.90 Å². The summed E-state index contributed by atoms with van der Waals surface area (Å²) >= 11 is -0.422. The molecule has 3 aromatic rings. The van der Waals surface area contributed by atoms with Gasteiger partial charge in [0.2, 0.25) is 0 Å². The van der Waals surface area contributed by atoms with Crippen LogP contribution in [0.25, 0.3) is 11.1 Å². The zero-order chi connectivity index (χ0) is 26.6. The van der Waals surface area contributed by atoms with Gasteiger partial charge in [-0.25, -0.2) is 0 Å². The van der Waals surface area contributed by atoms with Crippen LogP contribution in [0.2, 0.25) is 0 Å². The molecule has 2 heterocycles. The number of aromatic hydroxyl groups is 1. The monoisotopic (exact) mass is 643 g/mol. The third-order valence-electron chi connectivity index (χ3n) is 12.0. The SMILES string of the molecule is O=C(c1ccccc1-c1ccccc1)N1[I-][C@H]2CC34CCC1C2C31CCN(C2CCC2)C4Cc2ccc(O)cc21. The Bertz CT molecular complexity index is 1520. The molecular formula is C35H36IN2O2-. The number of nitrogens with zero attached hydrogens (tertiary/aromatic N) is 2. The van der Waals surface area contributed by atoms with E-state index in [1.54, 1.807) is 0 Å². The van der Waals surface area contributed by atoms with E-state index in [-0.39, 0.29) is 11.3 Å². The predicted molar refractivity (Wildman–Crippen MR) is 152 cm³/mol. The van der Waals surface area contributed by atoms with Crippen LogP contribution in [0.5, 0.6) is 5.75 Å². The fourth-order valence-corrected chi connectivity index (χ4v) is 15.1. The summed E-state index contributed by atoms with van der Waals surface area (Å²) in [5, 5.41) is 10.8. The van der Waals surface area contributed by atoms with Gasteiger partial charge in [-0.15, -0.1) is 0 Å². The summed E-state index contributed by atoms with van der Waals surface area (Å²) < 4.78 is 3.05. The number of fused-ring (bicyclic) bond motifs is 1. The number of rotatable bonds is 3. The molecule has 4 aliphatic carbocycles. The number of alkyl halides is 1. The van der Waals surface area contributed by atoms with Gasteiger partial charge in [-0.05, 0) is 0 Å². The first-order valence-corrected chi connectivity index (χ1v) is 17.5. The molecule has 1 amide bonds. The van der Waals surface area contributed by atoms with Gasteiger partial charge in [0.1, 0.15) is 0 Å². The summed E-state index contributed by atoms with van der Waals surface area (Å²) in [6, 6.07) is 26.7. The van der Waals surface area contributed by atoms with Gasteiger partial charge in [-0.3, -0.25) is 0 Å².